The van der Waals surface area contributed by atoms with E-state index >= 15 is 0 Å². The SMILES string of the molecule is COc1cccc(/C=C(/C#N)c2nc(-c3ccc(CC(C)C)cc3)cs2)c1. The molecule has 1 heterocycles. The number of thiazole rings is 1. The summed E-state index contributed by atoms with van der Waals surface area (Å²) in [5.74, 6) is 1.41. The van der Waals surface area contributed by atoms with Crippen molar-refractivity contribution in [2.75, 3.05) is 7.11 Å². The number of allylic oxidation sites excluding steroid dienone is 1. The average Bonchev–Trinajstić information content (AvgIpc) is 3.16. The topological polar surface area (TPSA) is 45.9 Å². The Labute approximate surface area is 164 Å². The van der Waals surface area contributed by atoms with E-state index in [4.69, 9.17) is 4.74 Å². The molecule has 2 aromatic carbocycles. The van der Waals surface area contributed by atoms with Gasteiger partial charge in [-0.1, -0.05) is 50.2 Å². The summed E-state index contributed by atoms with van der Waals surface area (Å²) in [6.45, 7) is 4.44. The molecule has 0 aliphatic heterocycles. The first-order chi connectivity index (χ1) is 13.1. The van der Waals surface area contributed by atoms with Crippen molar-refractivity contribution in [2.45, 2.75) is 20.3 Å². The molecule has 27 heavy (non-hydrogen) atoms. The molecule has 0 bridgehead atoms. The monoisotopic (exact) mass is 374 g/mol. The number of aromatic nitrogens is 1. The fourth-order valence-electron chi connectivity index (χ4n) is 2.85. The lowest BCUT2D eigenvalue weighted by atomic mass is 10.0. The molecule has 3 aromatic rings. The van der Waals surface area contributed by atoms with E-state index in [9.17, 15) is 5.26 Å². The van der Waals surface area contributed by atoms with Crippen molar-refractivity contribution in [2.24, 2.45) is 5.92 Å². The number of rotatable bonds is 6. The summed E-state index contributed by atoms with van der Waals surface area (Å²) < 4.78 is 5.25. The fraction of sp³-hybridized carbons (Fsp3) is 0.217. The van der Waals surface area contributed by atoms with E-state index in [0.717, 1.165) is 34.0 Å². The maximum atomic E-state index is 9.58. The summed E-state index contributed by atoms with van der Waals surface area (Å²) >= 11 is 1.49. The summed E-state index contributed by atoms with van der Waals surface area (Å²) in [5, 5.41) is 12.3. The van der Waals surface area contributed by atoms with E-state index in [2.05, 4.69) is 49.2 Å². The van der Waals surface area contributed by atoms with Crippen LogP contribution in [0.3, 0.4) is 0 Å². The molecule has 0 aliphatic rings. The van der Waals surface area contributed by atoms with Crippen LogP contribution in [0.15, 0.2) is 53.9 Å². The van der Waals surface area contributed by atoms with Crippen LogP contribution in [0.5, 0.6) is 5.75 Å². The lowest BCUT2D eigenvalue weighted by Gasteiger charge is -2.05. The van der Waals surface area contributed by atoms with Gasteiger partial charge in [-0.25, -0.2) is 4.98 Å². The van der Waals surface area contributed by atoms with Gasteiger partial charge in [0.15, 0.2) is 0 Å². The van der Waals surface area contributed by atoms with Crippen molar-refractivity contribution < 1.29 is 4.74 Å². The summed E-state index contributed by atoms with van der Waals surface area (Å²) in [7, 11) is 1.63. The zero-order valence-electron chi connectivity index (χ0n) is 15.8. The second-order valence-electron chi connectivity index (χ2n) is 6.78. The lowest BCUT2D eigenvalue weighted by molar-refractivity contribution is 0.414. The molecule has 0 radical (unpaired) electrons. The molecule has 0 saturated carbocycles. The number of benzene rings is 2. The molecule has 1 aromatic heterocycles. The van der Waals surface area contributed by atoms with Crippen molar-refractivity contribution in [1.82, 2.24) is 4.98 Å². The van der Waals surface area contributed by atoms with Gasteiger partial charge in [0.1, 0.15) is 16.8 Å². The minimum atomic E-state index is 0.552. The number of ether oxygens (including phenoxy) is 1. The van der Waals surface area contributed by atoms with E-state index in [1.165, 1.54) is 16.9 Å². The maximum absolute atomic E-state index is 9.58. The Bertz CT molecular complexity index is 978. The average molecular weight is 375 g/mol. The number of nitrogens with zero attached hydrogens (tertiary/aromatic N) is 2. The molecular weight excluding hydrogens is 352 g/mol. The van der Waals surface area contributed by atoms with Gasteiger partial charge in [0.2, 0.25) is 0 Å². The van der Waals surface area contributed by atoms with Gasteiger partial charge in [-0.3, -0.25) is 0 Å². The highest BCUT2D eigenvalue weighted by atomic mass is 32.1. The van der Waals surface area contributed by atoms with Crippen molar-refractivity contribution in [1.29, 1.82) is 5.26 Å². The van der Waals surface area contributed by atoms with Crippen LogP contribution >= 0.6 is 11.3 Å². The molecule has 0 fully saturated rings. The van der Waals surface area contributed by atoms with Gasteiger partial charge in [0.05, 0.1) is 18.4 Å². The van der Waals surface area contributed by atoms with Crippen LogP contribution in [0.1, 0.15) is 30.0 Å². The van der Waals surface area contributed by atoms with Crippen LogP contribution in [-0.4, -0.2) is 12.1 Å². The largest absolute Gasteiger partial charge is 0.497 e. The first-order valence-electron chi connectivity index (χ1n) is 8.90. The zero-order valence-corrected chi connectivity index (χ0v) is 16.6. The van der Waals surface area contributed by atoms with Gasteiger partial charge in [-0.05, 0) is 41.7 Å². The normalized spacial score (nSPS) is 11.4. The summed E-state index contributed by atoms with van der Waals surface area (Å²) in [5.41, 5.74) is 4.78. The lowest BCUT2D eigenvalue weighted by Crippen LogP contribution is -1.93. The molecule has 0 unspecified atom stereocenters. The maximum Gasteiger partial charge on any atom is 0.134 e. The molecular formula is C23H22N2OS. The highest BCUT2D eigenvalue weighted by Gasteiger charge is 2.10. The number of hydrogen-bond donors (Lipinski definition) is 0. The molecule has 0 atom stereocenters. The third-order valence-electron chi connectivity index (χ3n) is 4.15. The van der Waals surface area contributed by atoms with Crippen molar-refractivity contribution in [3.63, 3.8) is 0 Å². The molecule has 0 spiro atoms. The fourth-order valence-corrected chi connectivity index (χ4v) is 3.65. The van der Waals surface area contributed by atoms with Gasteiger partial charge in [0.25, 0.3) is 0 Å². The molecule has 0 amide bonds. The first-order valence-corrected chi connectivity index (χ1v) is 9.78. The van der Waals surface area contributed by atoms with Crippen LogP contribution in [0.25, 0.3) is 22.9 Å². The molecule has 0 saturated heterocycles. The van der Waals surface area contributed by atoms with E-state index in [0.29, 0.717) is 11.5 Å². The Balaban J connectivity index is 1.85. The highest BCUT2D eigenvalue weighted by molar-refractivity contribution is 7.11. The van der Waals surface area contributed by atoms with Crippen LogP contribution < -0.4 is 4.74 Å². The van der Waals surface area contributed by atoms with Gasteiger partial charge >= 0.3 is 0 Å². The van der Waals surface area contributed by atoms with Crippen LogP contribution in [0, 0.1) is 17.2 Å². The predicted octanol–water partition coefficient (Wildman–Crippen LogP) is 6.08. The molecule has 3 rings (SSSR count). The van der Waals surface area contributed by atoms with Gasteiger partial charge in [-0.2, -0.15) is 5.26 Å². The minimum absolute atomic E-state index is 0.552. The Morgan fingerprint density at radius 2 is 2.00 bits per heavy atom. The van der Waals surface area contributed by atoms with E-state index in [1.807, 2.05) is 35.7 Å². The molecule has 136 valence electrons. The standard InChI is InChI=1S/C23H22N2OS/c1-16(2)11-17-7-9-19(10-8-17)22-15-27-23(25-22)20(14-24)12-18-5-4-6-21(13-18)26-3/h4-10,12-13,15-16H,11H2,1-3H3/b20-12-. The van der Waals surface area contributed by atoms with Crippen LogP contribution in [0.2, 0.25) is 0 Å². The van der Waals surface area contributed by atoms with Crippen molar-refractivity contribution >= 4 is 23.0 Å². The summed E-state index contributed by atoms with van der Waals surface area (Å²) in [6, 6.07) is 18.4. The Hall–Kier alpha value is -2.90. The van der Waals surface area contributed by atoms with E-state index in [-0.39, 0.29) is 0 Å². The molecule has 0 N–H and O–H groups in total. The van der Waals surface area contributed by atoms with E-state index < -0.39 is 0 Å². The van der Waals surface area contributed by atoms with Gasteiger partial charge in [0, 0.05) is 10.9 Å². The number of nitriles is 1. The second-order valence-corrected chi connectivity index (χ2v) is 7.64. The zero-order chi connectivity index (χ0) is 19.2. The smallest absolute Gasteiger partial charge is 0.134 e. The molecule has 0 aliphatic carbocycles. The van der Waals surface area contributed by atoms with Crippen LogP contribution in [0.4, 0.5) is 0 Å². The number of methoxy groups -OCH3 is 1. The third kappa shape index (κ3) is 4.84. The van der Waals surface area contributed by atoms with E-state index in [1.54, 1.807) is 7.11 Å². The Morgan fingerprint density at radius 3 is 2.67 bits per heavy atom. The molecule has 3 nitrogen and oxygen atoms in total. The predicted molar refractivity (Wildman–Crippen MR) is 113 cm³/mol. The number of hydrogen-bond acceptors (Lipinski definition) is 4. The molecule has 4 heteroatoms. The first kappa shape index (κ1) is 18.9. The van der Waals surface area contributed by atoms with Gasteiger partial charge in [-0.15, -0.1) is 11.3 Å². The summed E-state index contributed by atoms with van der Waals surface area (Å²) in [4.78, 5) is 4.68. The van der Waals surface area contributed by atoms with Crippen molar-refractivity contribution in [3.8, 4) is 23.1 Å². The quantitative estimate of drug-likeness (QED) is 0.491. The minimum Gasteiger partial charge on any atom is -0.497 e. The van der Waals surface area contributed by atoms with Gasteiger partial charge < -0.3 is 4.74 Å². The van der Waals surface area contributed by atoms with Crippen LogP contribution in [-0.2, 0) is 6.42 Å². The highest BCUT2D eigenvalue weighted by Crippen LogP contribution is 2.28. The second kappa shape index (κ2) is 8.66. The summed E-state index contributed by atoms with van der Waals surface area (Å²) in [6.07, 6.45) is 2.92. The Kier molecular flexibility index (Phi) is 6.05. The van der Waals surface area contributed by atoms with Crippen molar-refractivity contribution in [3.05, 3.63) is 70.0 Å². The Morgan fingerprint density at radius 1 is 1.22 bits per heavy atom. The third-order valence-corrected chi connectivity index (χ3v) is 5.03.